The van der Waals surface area contributed by atoms with Crippen molar-refractivity contribution in [3.63, 3.8) is 0 Å². The van der Waals surface area contributed by atoms with Crippen LogP contribution in [-0.4, -0.2) is 4.86 Å². The third-order valence-electron chi connectivity index (χ3n) is 3.64. The maximum Gasteiger partial charge on any atom is 0.0524 e. The number of hydrogen-bond acceptors (Lipinski definition) is 1. The van der Waals surface area contributed by atoms with Crippen molar-refractivity contribution in [3.8, 4) is 11.1 Å². The molecule has 3 aromatic carbocycles. The van der Waals surface area contributed by atoms with Gasteiger partial charge in [0.2, 0.25) is 0 Å². The van der Waals surface area contributed by atoms with Crippen molar-refractivity contribution >= 4 is 17.1 Å². The van der Waals surface area contributed by atoms with Gasteiger partial charge < -0.3 is 0 Å². The standard InChI is InChI=1S/C20H16S/c1-15-7-5-6-10-19(15)20(21)18-13-11-17(12-14-18)16-8-3-2-4-9-16/h2-14H,1H3. The van der Waals surface area contributed by atoms with Crippen molar-refractivity contribution in [1.29, 1.82) is 0 Å². The summed E-state index contributed by atoms with van der Waals surface area (Å²) in [6, 6.07) is 27.1. The Hall–Kier alpha value is -2.25. The van der Waals surface area contributed by atoms with Crippen molar-refractivity contribution < 1.29 is 0 Å². The molecule has 0 N–H and O–H groups in total. The molecule has 0 aliphatic rings. The molecule has 3 rings (SSSR count). The van der Waals surface area contributed by atoms with Crippen LogP contribution in [0.3, 0.4) is 0 Å². The predicted molar refractivity (Wildman–Crippen MR) is 93.9 cm³/mol. The van der Waals surface area contributed by atoms with E-state index in [2.05, 4.69) is 67.6 Å². The van der Waals surface area contributed by atoms with Gasteiger partial charge in [-0.3, -0.25) is 0 Å². The zero-order valence-electron chi connectivity index (χ0n) is 11.9. The van der Waals surface area contributed by atoms with Crippen molar-refractivity contribution in [3.05, 3.63) is 95.6 Å². The molecule has 0 bridgehead atoms. The normalized spacial score (nSPS) is 10.3. The van der Waals surface area contributed by atoms with E-state index in [1.54, 1.807) is 0 Å². The molecule has 0 heterocycles. The first-order valence-electron chi connectivity index (χ1n) is 7.01. The number of hydrogen-bond donors (Lipinski definition) is 0. The maximum absolute atomic E-state index is 5.63. The predicted octanol–water partition coefficient (Wildman–Crippen LogP) is 5.43. The molecule has 0 aliphatic heterocycles. The monoisotopic (exact) mass is 288 g/mol. The van der Waals surface area contributed by atoms with Crippen LogP contribution in [0.4, 0.5) is 0 Å². The van der Waals surface area contributed by atoms with Crippen LogP contribution in [0, 0.1) is 6.92 Å². The fourth-order valence-electron chi connectivity index (χ4n) is 2.43. The number of thiocarbonyl (C=S) groups is 1. The Labute approximate surface area is 131 Å². The Morgan fingerprint density at radius 3 is 1.90 bits per heavy atom. The molecular weight excluding hydrogens is 272 g/mol. The third kappa shape index (κ3) is 2.93. The Balaban J connectivity index is 1.91. The molecule has 0 aliphatic carbocycles. The van der Waals surface area contributed by atoms with Gasteiger partial charge in [0.25, 0.3) is 0 Å². The van der Waals surface area contributed by atoms with Gasteiger partial charge in [0, 0.05) is 0 Å². The summed E-state index contributed by atoms with van der Waals surface area (Å²) >= 11 is 5.63. The lowest BCUT2D eigenvalue weighted by Crippen LogP contribution is -2.01. The molecule has 0 saturated carbocycles. The van der Waals surface area contributed by atoms with E-state index >= 15 is 0 Å². The van der Waals surface area contributed by atoms with Crippen LogP contribution >= 0.6 is 12.2 Å². The number of aryl methyl sites for hydroxylation is 1. The molecule has 3 aromatic rings. The highest BCUT2D eigenvalue weighted by atomic mass is 32.1. The van der Waals surface area contributed by atoms with Gasteiger partial charge in [-0.1, -0.05) is 91.1 Å². The SMILES string of the molecule is Cc1ccccc1C(=S)c1ccc(-c2ccccc2)cc1. The maximum atomic E-state index is 5.63. The highest BCUT2D eigenvalue weighted by Crippen LogP contribution is 2.21. The summed E-state index contributed by atoms with van der Waals surface area (Å²) in [6.45, 7) is 2.10. The first-order chi connectivity index (χ1) is 10.3. The topological polar surface area (TPSA) is 0 Å². The summed E-state index contributed by atoms with van der Waals surface area (Å²) < 4.78 is 0. The van der Waals surface area contributed by atoms with Gasteiger partial charge in [-0.25, -0.2) is 0 Å². The molecule has 0 spiro atoms. The number of benzene rings is 3. The molecule has 0 nitrogen and oxygen atoms in total. The minimum Gasteiger partial charge on any atom is -0.0788 e. The quantitative estimate of drug-likeness (QED) is 0.457. The first kappa shape index (κ1) is 13.7. The second-order valence-electron chi connectivity index (χ2n) is 5.09. The summed E-state index contributed by atoms with van der Waals surface area (Å²) in [4.78, 5) is 0.910. The fraction of sp³-hybridized carbons (Fsp3) is 0.0500. The van der Waals surface area contributed by atoms with E-state index in [9.17, 15) is 0 Å². The summed E-state index contributed by atoms with van der Waals surface area (Å²) in [6.07, 6.45) is 0. The van der Waals surface area contributed by atoms with Gasteiger partial charge in [0.1, 0.15) is 0 Å². The van der Waals surface area contributed by atoms with Gasteiger partial charge in [-0.2, -0.15) is 0 Å². The molecule has 102 valence electrons. The molecule has 21 heavy (non-hydrogen) atoms. The molecular formula is C20H16S. The second-order valence-corrected chi connectivity index (χ2v) is 5.50. The van der Waals surface area contributed by atoms with E-state index < -0.39 is 0 Å². The highest BCUT2D eigenvalue weighted by Gasteiger charge is 2.07. The second kappa shape index (κ2) is 6.02. The van der Waals surface area contributed by atoms with Crippen LogP contribution in [0.15, 0.2) is 78.9 Å². The summed E-state index contributed by atoms with van der Waals surface area (Å²) in [5.41, 5.74) is 5.89. The Morgan fingerprint density at radius 2 is 1.24 bits per heavy atom. The van der Waals surface area contributed by atoms with Gasteiger partial charge >= 0.3 is 0 Å². The van der Waals surface area contributed by atoms with Gasteiger partial charge in [-0.15, -0.1) is 0 Å². The van der Waals surface area contributed by atoms with E-state index in [-0.39, 0.29) is 0 Å². The fourth-order valence-corrected chi connectivity index (χ4v) is 2.79. The van der Waals surface area contributed by atoms with Crippen LogP contribution in [0.1, 0.15) is 16.7 Å². The van der Waals surface area contributed by atoms with Crippen LogP contribution in [-0.2, 0) is 0 Å². The molecule has 0 fully saturated rings. The van der Waals surface area contributed by atoms with E-state index in [0.717, 1.165) is 16.0 Å². The summed E-state index contributed by atoms with van der Waals surface area (Å²) in [5, 5.41) is 0. The van der Waals surface area contributed by atoms with Crippen LogP contribution in [0.5, 0.6) is 0 Å². The van der Waals surface area contributed by atoms with E-state index in [1.165, 1.54) is 16.7 Å². The van der Waals surface area contributed by atoms with E-state index in [1.807, 2.05) is 18.2 Å². The number of rotatable bonds is 3. The first-order valence-corrected chi connectivity index (χ1v) is 7.42. The minimum atomic E-state index is 0.910. The van der Waals surface area contributed by atoms with E-state index in [0.29, 0.717) is 0 Å². The molecule has 0 aromatic heterocycles. The third-order valence-corrected chi connectivity index (χ3v) is 4.10. The Kier molecular flexibility index (Phi) is 3.94. The van der Waals surface area contributed by atoms with Crippen LogP contribution in [0.2, 0.25) is 0 Å². The lowest BCUT2D eigenvalue weighted by atomic mass is 9.98. The van der Waals surface area contributed by atoms with Gasteiger partial charge in [0.05, 0.1) is 4.86 Å². The zero-order chi connectivity index (χ0) is 14.7. The highest BCUT2D eigenvalue weighted by molar-refractivity contribution is 7.81. The average Bonchev–Trinajstić information content (AvgIpc) is 2.56. The molecule has 0 saturated heterocycles. The molecule has 1 heteroatoms. The minimum absolute atomic E-state index is 0.910. The van der Waals surface area contributed by atoms with Crippen molar-refractivity contribution in [2.24, 2.45) is 0 Å². The van der Waals surface area contributed by atoms with Gasteiger partial charge in [-0.05, 0) is 34.7 Å². The lowest BCUT2D eigenvalue weighted by molar-refractivity contribution is 1.44. The smallest absolute Gasteiger partial charge is 0.0524 e. The van der Waals surface area contributed by atoms with Crippen molar-refractivity contribution in [2.45, 2.75) is 6.92 Å². The van der Waals surface area contributed by atoms with Crippen molar-refractivity contribution in [1.82, 2.24) is 0 Å². The molecule has 0 unspecified atom stereocenters. The Morgan fingerprint density at radius 1 is 0.667 bits per heavy atom. The average molecular weight is 288 g/mol. The summed E-state index contributed by atoms with van der Waals surface area (Å²) in [5.74, 6) is 0. The zero-order valence-corrected chi connectivity index (χ0v) is 12.7. The van der Waals surface area contributed by atoms with Crippen LogP contribution in [0.25, 0.3) is 11.1 Å². The molecule has 0 radical (unpaired) electrons. The molecule has 0 amide bonds. The van der Waals surface area contributed by atoms with Gasteiger partial charge in [0.15, 0.2) is 0 Å². The largest absolute Gasteiger partial charge is 0.0788 e. The van der Waals surface area contributed by atoms with E-state index in [4.69, 9.17) is 12.2 Å². The van der Waals surface area contributed by atoms with Crippen LogP contribution < -0.4 is 0 Å². The Bertz CT molecular complexity index is 755. The summed E-state index contributed by atoms with van der Waals surface area (Å²) in [7, 11) is 0. The lowest BCUT2D eigenvalue weighted by Gasteiger charge is -2.09. The van der Waals surface area contributed by atoms with Crippen molar-refractivity contribution in [2.75, 3.05) is 0 Å². The molecule has 0 atom stereocenters.